The van der Waals surface area contributed by atoms with Gasteiger partial charge in [-0.1, -0.05) is 11.6 Å². The van der Waals surface area contributed by atoms with Gasteiger partial charge in [-0.15, -0.1) is 0 Å². The van der Waals surface area contributed by atoms with Crippen molar-refractivity contribution in [1.29, 1.82) is 5.26 Å². The average Bonchev–Trinajstić information content (AvgIpc) is 2.52. The van der Waals surface area contributed by atoms with Crippen LogP contribution in [0.1, 0.15) is 37.1 Å². The van der Waals surface area contributed by atoms with Gasteiger partial charge in [0.2, 0.25) is 0 Å². The van der Waals surface area contributed by atoms with E-state index in [2.05, 4.69) is 15.3 Å². The Kier molecular flexibility index (Phi) is 5.92. The normalized spacial score (nSPS) is 21.1. The van der Waals surface area contributed by atoms with Gasteiger partial charge in [0, 0.05) is 12.6 Å². The van der Waals surface area contributed by atoms with Crippen LogP contribution in [-0.2, 0) is 11.3 Å². The van der Waals surface area contributed by atoms with Gasteiger partial charge in [0.15, 0.2) is 10.8 Å². The van der Waals surface area contributed by atoms with Crippen LogP contribution in [0.15, 0.2) is 6.20 Å². The van der Waals surface area contributed by atoms with Crippen molar-refractivity contribution in [3.8, 4) is 6.07 Å². The lowest BCUT2D eigenvalue weighted by Crippen LogP contribution is -2.34. The van der Waals surface area contributed by atoms with Crippen molar-refractivity contribution in [2.45, 2.75) is 38.3 Å². The van der Waals surface area contributed by atoms with Crippen LogP contribution in [-0.4, -0.2) is 28.7 Å². The first-order valence-electron chi connectivity index (χ1n) is 7.15. The third-order valence-electron chi connectivity index (χ3n) is 3.77. The smallest absolute Gasteiger partial charge is 0.404 e. The first kappa shape index (κ1) is 16.5. The minimum atomic E-state index is -0.712. The molecule has 0 aliphatic heterocycles. The minimum absolute atomic E-state index is 0.133. The van der Waals surface area contributed by atoms with Gasteiger partial charge < -0.3 is 15.8 Å². The molecule has 1 aliphatic carbocycles. The number of carbonyl (C=O) groups is 1. The summed E-state index contributed by atoms with van der Waals surface area (Å²) in [5.41, 5.74) is 5.82. The van der Waals surface area contributed by atoms with E-state index in [0.717, 1.165) is 25.7 Å². The van der Waals surface area contributed by atoms with E-state index in [1.807, 2.05) is 6.07 Å². The van der Waals surface area contributed by atoms with Crippen molar-refractivity contribution in [3.63, 3.8) is 0 Å². The third-order valence-corrected chi connectivity index (χ3v) is 4.03. The van der Waals surface area contributed by atoms with E-state index in [9.17, 15) is 4.79 Å². The molecule has 1 amide bonds. The monoisotopic (exact) mass is 323 g/mol. The highest BCUT2D eigenvalue weighted by atomic mass is 35.5. The molecule has 22 heavy (non-hydrogen) atoms. The summed E-state index contributed by atoms with van der Waals surface area (Å²) < 4.78 is 4.84. The summed E-state index contributed by atoms with van der Waals surface area (Å²) in [6, 6.07) is 2.27. The second-order valence-corrected chi connectivity index (χ2v) is 5.70. The van der Waals surface area contributed by atoms with Crippen LogP contribution in [0, 0.1) is 17.2 Å². The Bertz CT molecular complexity index is 567. The van der Waals surface area contributed by atoms with Crippen LogP contribution in [0.25, 0.3) is 0 Å². The van der Waals surface area contributed by atoms with E-state index >= 15 is 0 Å². The maximum atomic E-state index is 10.6. The molecule has 1 fully saturated rings. The standard InChI is InChI=1S/C14H18ClN5O2/c15-13-12(5-16)19-7-11(20-13)6-18-10-3-1-9(2-4-10)8-22-14(17)21/h7,9-10,18H,1-4,6,8H2,(H2,17,21). The van der Waals surface area contributed by atoms with Gasteiger partial charge in [0.1, 0.15) is 6.07 Å². The fraction of sp³-hybridized carbons (Fsp3) is 0.571. The van der Waals surface area contributed by atoms with E-state index in [4.69, 9.17) is 27.3 Å². The number of nitrogens with zero attached hydrogens (tertiary/aromatic N) is 3. The van der Waals surface area contributed by atoms with Gasteiger partial charge in [0.25, 0.3) is 0 Å². The Morgan fingerprint density at radius 3 is 2.82 bits per heavy atom. The molecule has 1 aliphatic rings. The predicted molar refractivity (Wildman–Crippen MR) is 79.9 cm³/mol. The highest BCUT2D eigenvalue weighted by molar-refractivity contribution is 6.30. The number of nitrogens with two attached hydrogens (primary N) is 1. The Labute approximate surface area is 133 Å². The Morgan fingerprint density at radius 2 is 2.23 bits per heavy atom. The van der Waals surface area contributed by atoms with E-state index < -0.39 is 6.09 Å². The second kappa shape index (κ2) is 7.92. The van der Waals surface area contributed by atoms with Crippen molar-refractivity contribution in [1.82, 2.24) is 15.3 Å². The molecule has 118 valence electrons. The lowest BCUT2D eigenvalue weighted by Gasteiger charge is -2.28. The number of rotatable bonds is 5. The van der Waals surface area contributed by atoms with Gasteiger partial charge in [-0.25, -0.2) is 14.8 Å². The maximum absolute atomic E-state index is 10.6. The number of nitrogens with one attached hydrogen (secondary N) is 1. The summed E-state index contributed by atoms with van der Waals surface area (Å²) in [7, 11) is 0. The zero-order valence-electron chi connectivity index (χ0n) is 12.1. The first-order chi connectivity index (χ1) is 10.6. The third kappa shape index (κ3) is 4.83. The van der Waals surface area contributed by atoms with Gasteiger partial charge in [-0.2, -0.15) is 5.26 Å². The molecule has 0 bridgehead atoms. The Morgan fingerprint density at radius 1 is 1.50 bits per heavy atom. The summed E-state index contributed by atoms with van der Waals surface area (Å²) in [6.07, 6.45) is 4.84. The molecule has 0 unspecified atom stereocenters. The fourth-order valence-corrected chi connectivity index (χ4v) is 2.74. The van der Waals surface area contributed by atoms with Gasteiger partial charge >= 0.3 is 6.09 Å². The lowest BCUT2D eigenvalue weighted by molar-refractivity contribution is 0.120. The predicted octanol–water partition coefficient (Wildman–Crippen LogP) is 1.75. The number of amides is 1. The largest absolute Gasteiger partial charge is 0.449 e. The zero-order chi connectivity index (χ0) is 15.9. The van der Waals surface area contributed by atoms with Crippen LogP contribution < -0.4 is 11.1 Å². The number of hydrogen-bond donors (Lipinski definition) is 2. The number of ether oxygens (including phenoxy) is 1. The van der Waals surface area contributed by atoms with Crippen LogP contribution in [0.2, 0.25) is 5.15 Å². The minimum Gasteiger partial charge on any atom is -0.449 e. The topological polar surface area (TPSA) is 114 Å². The molecule has 0 aromatic carbocycles. The highest BCUT2D eigenvalue weighted by Gasteiger charge is 2.21. The highest BCUT2D eigenvalue weighted by Crippen LogP contribution is 2.24. The SMILES string of the molecule is N#Cc1ncc(CNC2CCC(COC(N)=O)CC2)nc1Cl. The molecule has 1 aromatic rings. The van der Waals surface area contributed by atoms with Crippen LogP contribution in [0.5, 0.6) is 0 Å². The van der Waals surface area contributed by atoms with Gasteiger partial charge in [0.05, 0.1) is 18.5 Å². The number of carbonyl (C=O) groups excluding carboxylic acids is 1. The Hall–Kier alpha value is -1.91. The molecule has 0 radical (unpaired) electrons. The number of hydrogen-bond acceptors (Lipinski definition) is 6. The molecular formula is C14H18ClN5O2. The molecule has 7 nitrogen and oxygen atoms in total. The summed E-state index contributed by atoms with van der Waals surface area (Å²) in [4.78, 5) is 18.7. The van der Waals surface area contributed by atoms with Crippen molar-refractivity contribution in [3.05, 3.63) is 22.7 Å². The van der Waals surface area contributed by atoms with Gasteiger partial charge in [-0.3, -0.25) is 0 Å². The van der Waals surface area contributed by atoms with Crippen LogP contribution >= 0.6 is 11.6 Å². The number of nitriles is 1. The molecular weight excluding hydrogens is 306 g/mol. The number of primary amides is 1. The van der Waals surface area contributed by atoms with Crippen molar-refractivity contribution in [2.75, 3.05) is 6.61 Å². The molecule has 3 N–H and O–H groups in total. The number of halogens is 1. The quantitative estimate of drug-likeness (QED) is 0.853. The first-order valence-corrected chi connectivity index (χ1v) is 7.53. The summed E-state index contributed by atoms with van der Waals surface area (Å²) >= 11 is 5.85. The van der Waals surface area contributed by atoms with Crippen molar-refractivity contribution < 1.29 is 9.53 Å². The number of aromatic nitrogens is 2. The second-order valence-electron chi connectivity index (χ2n) is 5.34. The van der Waals surface area contributed by atoms with Gasteiger partial charge in [-0.05, 0) is 31.6 Å². The molecule has 0 saturated heterocycles. The zero-order valence-corrected chi connectivity index (χ0v) is 12.8. The fourth-order valence-electron chi connectivity index (χ4n) is 2.54. The lowest BCUT2D eigenvalue weighted by atomic mass is 9.86. The van der Waals surface area contributed by atoms with Crippen molar-refractivity contribution >= 4 is 17.7 Å². The molecule has 0 spiro atoms. The molecule has 1 aromatic heterocycles. The Balaban J connectivity index is 1.74. The molecule has 1 heterocycles. The van der Waals surface area contributed by atoms with E-state index in [-0.39, 0.29) is 10.8 Å². The summed E-state index contributed by atoms with van der Waals surface area (Å²) in [6.45, 7) is 0.963. The van der Waals surface area contributed by atoms with Crippen LogP contribution in [0.3, 0.4) is 0 Å². The van der Waals surface area contributed by atoms with E-state index in [1.165, 1.54) is 0 Å². The molecule has 1 saturated carbocycles. The van der Waals surface area contributed by atoms with E-state index in [0.29, 0.717) is 30.8 Å². The molecule has 8 heteroatoms. The summed E-state index contributed by atoms with van der Waals surface area (Å²) in [5, 5.41) is 12.3. The molecule has 2 rings (SSSR count). The van der Waals surface area contributed by atoms with E-state index in [1.54, 1.807) is 6.20 Å². The van der Waals surface area contributed by atoms with Crippen molar-refractivity contribution in [2.24, 2.45) is 11.7 Å². The molecule has 0 atom stereocenters. The van der Waals surface area contributed by atoms with Crippen LogP contribution in [0.4, 0.5) is 4.79 Å². The average molecular weight is 324 g/mol. The summed E-state index contributed by atoms with van der Waals surface area (Å²) in [5.74, 6) is 0.384. The maximum Gasteiger partial charge on any atom is 0.404 e.